The maximum Gasteiger partial charge on any atom is 0.226 e. The predicted octanol–water partition coefficient (Wildman–Crippen LogP) is 2.73. The third kappa shape index (κ3) is 4.31. The van der Waals surface area contributed by atoms with E-state index in [1.165, 1.54) is 5.56 Å². The summed E-state index contributed by atoms with van der Waals surface area (Å²) in [4.78, 5) is 14.8. The molecule has 1 aliphatic rings. The Bertz CT molecular complexity index is 436. The molecule has 3 heteroatoms. The fourth-order valence-electron chi connectivity index (χ4n) is 3.05. The molecule has 1 atom stereocenters. The molecule has 1 saturated heterocycles. The van der Waals surface area contributed by atoms with Crippen LogP contribution in [0.4, 0.5) is 0 Å². The third-order valence-corrected chi connectivity index (χ3v) is 4.60. The highest BCUT2D eigenvalue weighted by Crippen LogP contribution is 2.24. The molecule has 0 radical (unpaired) electrons. The number of piperidine rings is 1. The van der Waals surface area contributed by atoms with Gasteiger partial charge in [0.25, 0.3) is 0 Å². The number of amides is 1. The Morgan fingerprint density at radius 3 is 2.38 bits per heavy atom. The first-order valence-electron chi connectivity index (χ1n) is 8.05. The van der Waals surface area contributed by atoms with Gasteiger partial charge in [-0.1, -0.05) is 44.2 Å². The normalized spacial score (nSPS) is 18.0. The molecule has 0 saturated carbocycles. The topological polar surface area (TPSA) is 40.5 Å². The van der Waals surface area contributed by atoms with Gasteiger partial charge in [-0.2, -0.15) is 0 Å². The smallest absolute Gasteiger partial charge is 0.226 e. The highest BCUT2D eigenvalue weighted by molar-refractivity contribution is 5.79. The summed E-state index contributed by atoms with van der Waals surface area (Å²) in [5.41, 5.74) is 1.23. The maximum absolute atomic E-state index is 12.8. The zero-order chi connectivity index (χ0) is 15.2. The lowest BCUT2D eigenvalue weighted by Crippen LogP contribution is -2.44. The van der Waals surface area contributed by atoms with E-state index in [0.717, 1.165) is 32.4 Å². The van der Waals surface area contributed by atoms with E-state index in [9.17, 15) is 9.90 Å². The molecule has 1 aromatic rings. The number of benzene rings is 1. The number of likely N-dealkylation sites (tertiary alicyclic amines) is 1. The van der Waals surface area contributed by atoms with Crippen LogP contribution in [-0.4, -0.2) is 35.6 Å². The number of nitrogens with zero attached hydrogens (tertiary/aromatic N) is 1. The van der Waals surface area contributed by atoms with E-state index in [2.05, 4.69) is 26.0 Å². The van der Waals surface area contributed by atoms with Gasteiger partial charge in [-0.25, -0.2) is 0 Å². The van der Waals surface area contributed by atoms with Gasteiger partial charge in [0.15, 0.2) is 0 Å². The van der Waals surface area contributed by atoms with Gasteiger partial charge in [0.1, 0.15) is 0 Å². The second-order valence-corrected chi connectivity index (χ2v) is 6.49. The van der Waals surface area contributed by atoms with Crippen molar-refractivity contribution in [3.63, 3.8) is 0 Å². The summed E-state index contributed by atoms with van der Waals surface area (Å²) >= 11 is 0. The summed E-state index contributed by atoms with van der Waals surface area (Å²) in [7, 11) is 0. The van der Waals surface area contributed by atoms with Crippen molar-refractivity contribution in [2.75, 3.05) is 19.7 Å². The van der Waals surface area contributed by atoms with Gasteiger partial charge in [-0.05, 0) is 36.7 Å². The van der Waals surface area contributed by atoms with Crippen molar-refractivity contribution in [1.82, 2.24) is 4.90 Å². The van der Waals surface area contributed by atoms with E-state index in [1.54, 1.807) is 0 Å². The summed E-state index contributed by atoms with van der Waals surface area (Å²) < 4.78 is 0. The van der Waals surface area contributed by atoms with Crippen LogP contribution < -0.4 is 0 Å². The van der Waals surface area contributed by atoms with E-state index >= 15 is 0 Å². The Labute approximate surface area is 128 Å². The molecule has 1 aromatic carbocycles. The summed E-state index contributed by atoms with van der Waals surface area (Å²) in [6, 6.07) is 10.3. The Kier molecular flexibility index (Phi) is 5.80. The van der Waals surface area contributed by atoms with Gasteiger partial charge < -0.3 is 10.0 Å². The van der Waals surface area contributed by atoms with Crippen molar-refractivity contribution in [3.8, 4) is 0 Å². The van der Waals surface area contributed by atoms with E-state index in [-0.39, 0.29) is 18.4 Å². The standard InChI is InChI=1S/C18H27NO2/c1-14(2)17(12-15-6-4-3-5-7-15)18(21)19-10-8-16(13-20)9-11-19/h3-7,14,16-17,20H,8-13H2,1-2H3. The number of aliphatic hydroxyl groups is 1. The molecule has 2 rings (SSSR count). The van der Waals surface area contributed by atoms with E-state index in [1.807, 2.05) is 23.1 Å². The Morgan fingerprint density at radius 1 is 1.24 bits per heavy atom. The van der Waals surface area contributed by atoms with E-state index in [0.29, 0.717) is 11.8 Å². The zero-order valence-corrected chi connectivity index (χ0v) is 13.2. The van der Waals surface area contributed by atoms with Crippen LogP contribution in [0, 0.1) is 17.8 Å². The number of hydrogen-bond donors (Lipinski definition) is 1. The SMILES string of the molecule is CC(C)C(Cc1ccccc1)C(=O)N1CCC(CO)CC1. The van der Waals surface area contributed by atoms with Crippen LogP contribution in [0.5, 0.6) is 0 Å². The van der Waals surface area contributed by atoms with Crippen molar-refractivity contribution in [1.29, 1.82) is 0 Å². The average Bonchev–Trinajstić information content (AvgIpc) is 2.53. The number of rotatable bonds is 5. The van der Waals surface area contributed by atoms with Crippen LogP contribution in [0.25, 0.3) is 0 Å². The molecule has 1 fully saturated rings. The van der Waals surface area contributed by atoms with Crippen molar-refractivity contribution in [3.05, 3.63) is 35.9 Å². The zero-order valence-electron chi connectivity index (χ0n) is 13.2. The minimum absolute atomic E-state index is 0.0538. The lowest BCUT2D eigenvalue weighted by molar-refractivity contribution is -0.138. The first-order chi connectivity index (χ1) is 10.1. The van der Waals surface area contributed by atoms with Gasteiger partial charge in [-0.15, -0.1) is 0 Å². The van der Waals surface area contributed by atoms with E-state index in [4.69, 9.17) is 0 Å². The molecule has 116 valence electrons. The molecule has 0 aliphatic carbocycles. The first kappa shape index (κ1) is 16.0. The first-order valence-corrected chi connectivity index (χ1v) is 8.05. The molecule has 1 aliphatic heterocycles. The lowest BCUT2D eigenvalue weighted by Gasteiger charge is -2.34. The van der Waals surface area contributed by atoms with Gasteiger partial charge >= 0.3 is 0 Å². The molecular formula is C18H27NO2. The summed E-state index contributed by atoms with van der Waals surface area (Å²) in [6.07, 6.45) is 2.67. The van der Waals surface area contributed by atoms with Gasteiger partial charge in [0.2, 0.25) is 5.91 Å². The molecule has 1 heterocycles. The molecule has 21 heavy (non-hydrogen) atoms. The Hall–Kier alpha value is -1.35. The predicted molar refractivity (Wildman–Crippen MR) is 84.9 cm³/mol. The summed E-state index contributed by atoms with van der Waals surface area (Å²) in [5, 5.41) is 9.20. The van der Waals surface area contributed by atoms with Crippen molar-refractivity contribution < 1.29 is 9.90 Å². The van der Waals surface area contributed by atoms with Crippen molar-refractivity contribution in [2.24, 2.45) is 17.8 Å². The number of aliphatic hydroxyl groups excluding tert-OH is 1. The largest absolute Gasteiger partial charge is 0.396 e. The quantitative estimate of drug-likeness (QED) is 0.905. The van der Waals surface area contributed by atoms with Crippen LogP contribution in [0.3, 0.4) is 0 Å². The van der Waals surface area contributed by atoms with Crippen LogP contribution in [0.2, 0.25) is 0 Å². The summed E-state index contributed by atoms with van der Waals surface area (Å²) in [5.74, 6) is 1.05. The molecule has 1 N–H and O–H groups in total. The van der Waals surface area contributed by atoms with Gasteiger partial charge in [-0.3, -0.25) is 4.79 Å². The minimum atomic E-state index is 0.0538. The highest BCUT2D eigenvalue weighted by Gasteiger charge is 2.29. The fraction of sp³-hybridized carbons (Fsp3) is 0.611. The highest BCUT2D eigenvalue weighted by atomic mass is 16.3. The third-order valence-electron chi connectivity index (χ3n) is 4.60. The lowest BCUT2D eigenvalue weighted by atomic mass is 9.87. The molecule has 0 spiro atoms. The van der Waals surface area contributed by atoms with Crippen molar-refractivity contribution in [2.45, 2.75) is 33.1 Å². The Balaban J connectivity index is 1.99. The maximum atomic E-state index is 12.8. The minimum Gasteiger partial charge on any atom is -0.396 e. The molecule has 1 amide bonds. The number of carbonyl (C=O) groups is 1. The van der Waals surface area contributed by atoms with Crippen LogP contribution >= 0.6 is 0 Å². The molecule has 0 aromatic heterocycles. The fourth-order valence-corrected chi connectivity index (χ4v) is 3.05. The molecule has 3 nitrogen and oxygen atoms in total. The second-order valence-electron chi connectivity index (χ2n) is 6.49. The number of carbonyl (C=O) groups excluding carboxylic acids is 1. The van der Waals surface area contributed by atoms with Crippen molar-refractivity contribution >= 4 is 5.91 Å². The monoisotopic (exact) mass is 289 g/mol. The molecule has 1 unspecified atom stereocenters. The average molecular weight is 289 g/mol. The van der Waals surface area contributed by atoms with E-state index < -0.39 is 0 Å². The molecule has 0 bridgehead atoms. The number of hydrogen-bond acceptors (Lipinski definition) is 2. The van der Waals surface area contributed by atoms with Crippen LogP contribution in [-0.2, 0) is 11.2 Å². The van der Waals surface area contributed by atoms with Gasteiger partial charge in [0, 0.05) is 25.6 Å². The van der Waals surface area contributed by atoms with Crippen LogP contribution in [0.15, 0.2) is 30.3 Å². The second kappa shape index (κ2) is 7.60. The Morgan fingerprint density at radius 2 is 1.86 bits per heavy atom. The van der Waals surface area contributed by atoms with Gasteiger partial charge in [0.05, 0.1) is 0 Å². The summed E-state index contributed by atoms with van der Waals surface area (Å²) in [6.45, 7) is 6.10. The molecular weight excluding hydrogens is 262 g/mol. The van der Waals surface area contributed by atoms with Crippen LogP contribution in [0.1, 0.15) is 32.3 Å².